The predicted molar refractivity (Wildman–Crippen MR) is 101 cm³/mol. The summed E-state index contributed by atoms with van der Waals surface area (Å²) in [4.78, 5) is 0. The number of ether oxygens (including phenoxy) is 2. The number of hydrogen-bond acceptors (Lipinski definition) is 4. The Morgan fingerprint density at radius 3 is 2.44 bits per heavy atom. The molecular weight excluding hydrogens is 361 g/mol. The zero-order chi connectivity index (χ0) is 17.8. The highest BCUT2D eigenvalue weighted by molar-refractivity contribution is 6.42. The Morgan fingerprint density at radius 1 is 1.00 bits per heavy atom. The fourth-order valence-corrected chi connectivity index (χ4v) is 2.63. The molecule has 130 valence electrons. The first-order valence-corrected chi connectivity index (χ1v) is 8.37. The van der Waals surface area contributed by atoms with Crippen LogP contribution in [0.4, 0.5) is 5.69 Å². The Bertz CT molecular complexity index is 863. The molecule has 0 aliphatic heterocycles. The van der Waals surface area contributed by atoms with Crippen LogP contribution in [-0.4, -0.2) is 30.1 Å². The fraction of sp³-hybridized carbons (Fsp3) is 0.167. The highest BCUT2D eigenvalue weighted by Gasteiger charge is 2.14. The molecule has 0 saturated carbocycles. The van der Waals surface area contributed by atoms with Gasteiger partial charge in [0.15, 0.2) is 0 Å². The van der Waals surface area contributed by atoms with Crippen LogP contribution in [0.5, 0.6) is 5.88 Å². The molecule has 0 aliphatic carbocycles. The highest BCUT2D eigenvalue weighted by atomic mass is 35.5. The monoisotopic (exact) mass is 377 g/mol. The molecule has 2 N–H and O–H groups in total. The minimum absolute atomic E-state index is 0.413. The molecule has 0 atom stereocenters. The van der Waals surface area contributed by atoms with Crippen LogP contribution in [-0.2, 0) is 4.74 Å². The van der Waals surface area contributed by atoms with Gasteiger partial charge in [0, 0.05) is 24.4 Å². The number of hydrogen-bond donors (Lipinski definition) is 1. The van der Waals surface area contributed by atoms with Gasteiger partial charge < -0.3 is 15.2 Å². The minimum Gasteiger partial charge on any atom is -0.474 e. The number of methoxy groups -OCH3 is 1. The van der Waals surface area contributed by atoms with Crippen molar-refractivity contribution < 1.29 is 9.47 Å². The summed E-state index contributed by atoms with van der Waals surface area (Å²) in [6, 6.07) is 14.7. The van der Waals surface area contributed by atoms with E-state index >= 15 is 0 Å². The second-order valence-corrected chi connectivity index (χ2v) is 6.16. The lowest BCUT2D eigenvalue weighted by atomic mass is 10.1. The first-order chi connectivity index (χ1) is 12.1. The van der Waals surface area contributed by atoms with Crippen LogP contribution in [0.3, 0.4) is 0 Å². The average molecular weight is 378 g/mol. The Morgan fingerprint density at radius 2 is 1.76 bits per heavy atom. The van der Waals surface area contributed by atoms with E-state index in [4.69, 9.17) is 38.4 Å². The maximum atomic E-state index is 6.17. The smallest absolute Gasteiger partial charge is 0.233 e. The molecule has 0 fully saturated rings. The van der Waals surface area contributed by atoms with Crippen molar-refractivity contribution in [3.05, 3.63) is 58.6 Å². The number of nitrogens with two attached hydrogens (primary N) is 1. The van der Waals surface area contributed by atoms with Gasteiger partial charge in [-0.05, 0) is 36.4 Å². The van der Waals surface area contributed by atoms with Crippen molar-refractivity contribution in [2.75, 3.05) is 26.1 Å². The number of halogens is 2. The van der Waals surface area contributed by atoms with Gasteiger partial charge in [-0.1, -0.05) is 29.3 Å². The van der Waals surface area contributed by atoms with E-state index in [1.54, 1.807) is 23.9 Å². The van der Waals surface area contributed by atoms with Crippen molar-refractivity contribution in [2.24, 2.45) is 0 Å². The third-order valence-corrected chi connectivity index (χ3v) is 4.32. The molecule has 0 saturated heterocycles. The van der Waals surface area contributed by atoms with Gasteiger partial charge in [-0.2, -0.15) is 0 Å². The van der Waals surface area contributed by atoms with Crippen LogP contribution in [0.25, 0.3) is 16.9 Å². The molecule has 0 aliphatic rings. The van der Waals surface area contributed by atoms with Gasteiger partial charge in [-0.25, -0.2) is 4.68 Å². The number of anilines is 1. The third kappa shape index (κ3) is 4.07. The third-order valence-electron chi connectivity index (χ3n) is 3.58. The lowest BCUT2D eigenvalue weighted by Gasteiger charge is -2.08. The average Bonchev–Trinajstić information content (AvgIpc) is 3.02. The van der Waals surface area contributed by atoms with E-state index in [9.17, 15) is 0 Å². The summed E-state index contributed by atoms with van der Waals surface area (Å²) in [6.45, 7) is 0.896. The second kappa shape index (κ2) is 7.78. The van der Waals surface area contributed by atoms with Crippen molar-refractivity contribution in [3.63, 3.8) is 0 Å². The van der Waals surface area contributed by atoms with Gasteiger partial charge in [0.2, 0.25) is 5.88 Å². The van der Waals surface area contributed by atoms with Crippen molar-refractivity contribution in [2.45, 2.75) is 0 Å². The van der Waals surface area contributed by atoms with Gasteiger partial charge in [-0.3, -0.25) is 0 Å². The van der Waals surface area contributed by atoms with Gasteiger partial charge in [0.05, 0.1) is 28.0 Å². The molecule has 0 amide bonds. The Kier molecular flexibility index (Phi) is 5.48. The molecule has 0 radical (unpaired) electrons. The molecule has 3 aromatic rings. The largest absolute Gasteiger partial charge is 0.474 e. The first kappa shape index (κ1) is 17.6. The van der Waals surface area contributed by atoms with Gasteiger partial charge in [0.25, 0.3) is 0 Å². The van der Waals surface area contributed by atoms with Crippen LogP contribution in [0.15, 0.2) is 48.5 Å². The number of benzene rings is 2. The Labute approximate surface area is 155 Å². The van der Waals surface area contributed by atoms with Crippen LogP contribution in [0, 0.1) is 0 Å². The number of nitrogens with zero attached hydrogens (tertiary/aromatic N) is 2. The molecule has 1 aromatic heterocycles. The van der Waals surface area contributed by atoms with E-state index in [0.717, 1.165) is 16.9 Å². The summed E-state index contributed by atoms with van der Waals surface area (Å²) < 4.78 is 12.4. The molecule has 1 heterocycles. The zero-order valence-corrected chi connectivity index (χ0v) is 15.1. The predicted octanol–water partition coefficient (Wildman–Crippen LogP) is 4.45. The molecule has 0 unspecified atom stereocenters. The van der Waals surface area contributed by atoms with Crippen LogP contribution in [0.2, 0.25) is 10.0 Å². The van der Waals surface area contributed by atoms with E-state index in [2.05, 4.69) is 5.10 Å². The lowest BCUT2D eigenvalue weighted by molar-refractivity contribution is 0.143. The van der Waals surface area contributed by atoms with Crippen LogP contribution in [0.1, 0.15) is 0 Å². The quantitative estimate of drug-likeness (QED) is 0.508. The molecule has 7 heteroatoms. The maximum Gasteiger partial charge on any atom is 0.233 e. The Balaban J connectivity index is 2.04. The summed E-state index contributed by atoms with van der Waals surface area (Å²) >= 11 is 12.2. The van der Waals surface area contributed by atoms with Crippen molar-refractivity contribution >= 4 is 28.9 Å². The van der Waals surface area contributed by atoms with Crippen molar-refractivity contribution in [3.8, 4) is 22.8 Å². The summed E-state index contributed by atoms with van der Waals surface area (Å²) in [5, 5.41) is 5.51. The molecule has 3 rings (SSSR count). The second-order valence-electron chi connectivity index (χ2n) is 5.34. The summed E-state index contributed by atoms with van der Waals surface area (Å²) in [7, 11) is 1.62. The molecule has 0 bridgehead atoms. The van der Waals surface area contributed by atoms with E-state index < -0.39 is 0 Å². The molecule has 5 nitrogen and oxygen atoms in total. The fourth-order valence-electron chi connectivity index (χ4n) is 2.33. The topological polar surface area (TPSA) is 62.3 Å². The van der Waals surface area contributed by atoms with E-state index in [1.165, 1.54) is 0 Å². The maximum absolute atomic E-state index is 6.17. The van der Waals surface area contributed by atoms with Gasteiger partial charge >= 0.3 is 0 Å². The Hall–Kier alpha value is -2.21. The van der Waals surface area contributed by atoms with E-state index in [-0.39, 0.29) is 0 Å². The number of nitrogen functional groups attached to an aromatic ring is 1. The normalized spacial score (nSPS) is 10.8. The molecule has 0 spiro atoms. The summed E-state index contributed by atoms with van der Waals surface area (Å²) in [6.07, 6.45) is 0. The zero-order valence-electron chi connectivity index (χ0n) is 13.6. The summed E-state index contributed by atoms with van der Waals surface area (Å²) in [5.74, 6) is 0.495. The lowest BCUT2D eigenvalue weighted by Crippen LogP contribution is -2.05. The van der Waals surface area contributed by atoms with Crippen LogP contribution < -0.4 is 10.5 Å². The number of aromatic nitrogens is 2. The van der Waals surface area contributed by atoms with Crippen molar-refractivity contribution in [1.82, 2.24) is 9.78 Å². The minimum atomic E-state index is 0.413. The molecule has 25 heavy (non-hydrogen) atoms. The molecular formula is C18H17Cl2N3O2. The summed E-state index contributed by atoms with van der Waals surface area (Å²) in [5.41, 5.74) is 9.02. The van der Waals surface area contributed by atoms with E-state index in [0.29, 0.717) is 34.8 Å². The van der Waals surface area contributed by atoms with Crippen LogP contribution >= 0.6 is 23.2 Å². The molecule has 2 aromatic carbocycles. The number of rotatable bonds is 6. The van der Waals surface area contributed by atoms with Crippen molar-refractivity contribution in [1.29, 1.82) is 0 Å². The highest BCUT2D eigenvalue weighted by Crippen LogP contribution is 2.32. The van der Waals surface area contributed by atoms with E-state index in [1.807, 2.05) is 36.4 Å². The standard InChI is InChI=1S/C18H17Cl2N3O2/c1-24-8-9-25-18-11-17(12-2-7-15(19)16(20)10-12)23(22-18)14-5-3-13(21)4-6-14/h2-7,10-11H,8-9,21H2,1H3. The van der Waals surface area contributed by atoms with Gasteiger partial charge in [-0.15, -0.1) is 5.10 Å². The SMILES string of the molecule is COCCOc1cc(-c2ccc(Cl)c(Cl)c2)n(-c2ccc(N)cc2)n1. The first-order valence-electron chi connectivity index (χ1n) is 7.61. The van der Waals surface area contributed by atoms with Gasteiger partial charge in [0.1, 0.15) is 6.61 Å².